The minimum atomic E-state index is -1.66. The van der Waals surface area contributed by atoms with E-state index in [1.54, 1.807) is 0 Å². The number of ether oxygens (including phenoxy) is 1. The summed E-state index contributed by atoms with van der Waals surface area (Å²) in [5.74, 6) is 3.78. The number of aromatic nitrogens is 1. The highest BCUT2D eigenvalue weighted by Gasteiger charge is 2.29. The van der Waals surface area contributed by atoms with Crippen LogP contribution >= 0.6 is 0 Å². The third-order valence-corrected chi connectivity index (χ3v) is 8.81. The van der Waals surface area contributed by atoms with Crippen LogP contribution in [0.4, 0.5) is 0 Å². The summed E-state index contributed by atoms with van der Waals surface area (Å²) in [4.78, 5) is 30.4. The lowest BCUT2D eigenvalue weighted by molar-refractivity contribution is -0.133. The summed E-state index contributed by atoms with van der Waals surface area (Å²) in [7, 11) is 3.98. The molecule has 1 aliphatic carbocycles. The van der Waals surface area contributed by atoms with Crippen LogP contribution in [0.5, 0.6) is 0 Å². The second kappa shape index (κ2) is 11.4. The summed E-state index contributed by atoms with van der Waals surface area (Å²) < 4.78 is 7.14. The number of rotatable bonds is 5. The summed E-state index contributed by atoms with van der Waals surface area (Å²) in [6.07, 6.45) is 7.99. The average molecular weight is 522 g/mol. The summed E-state index contributed by atoms with van der Waals surface area (Å²) in [6, 6.07) is 6.33. The van der Waals surface area contributed by atoms with Crippen molar-refractivity contribution >= 4 is 30.9 Å². The maximum Gasteiger partial charge on any atom is 0.337 e. The van der Waals surface area contributed by atoms with Crippen LogP contribution in [-0.2, 0) is 16.1 Å². The topological polar surface area (TPSA) is 54.8 Å². The van der Waals surface area contributed by atoms with Crippen LogP contribution in [0.1, 0.15) is 72.5 Å². The van der Waals surface area contributed by atoms with E-state index in [0.29, 0.717) is 17.5 Å². The highest BCUT2D eigenvalue weighted by Crippen LogP contribution is 2.40. The Kier molecular flexibility index (Phi) is 8.50. The average Bonchev–Trinajstić information content (AvgIpc) is 3.19. The van der Waals surface area contributed by atoms with E-state index in [1.165, 1.54) is 31.9 Å². The molecular weight excluding hydrogens is 478 g/mol. The first-order chi connectivity index (χ1) is 17.6. The normalized spacial score (nSPS) is 17.6. The molecule has 1 amide bonds. The highest BCUT2D eigenvalue weighted by molar-refractivity contribution is 6.83. The third kappa shape index (κ3) is 6.30. The molecule has 2 aromatic rings. The first kappa shape index (κ1) is 27.5. The minimum Gasteiger partial charge on any atom is -0.465 e. The van der Waals surface area contributed by atoms with Crippen LogP contribution in [0.25, 0.3) is 10.9 Å². The standard InChI is InChI=1S/C30H43N3O3Si/c1-31(2)24-14-17-32(18-15-24)28(34)21-33-26(16-19-37(4,5)6)29(22-10-8-7-9-11-22)25-13-12-23(20-27(25)33)30(35)36-3/h12-13,20,22,24H,7-11,14-15,17-18,21H2,1-6H3. The Hall–Kier alpha value is -2.56. The van der Waals surface area contributed by atoms with Crippen molar-refractivity contribution in [1.82, 2.24) is 14.4 Å². The van der Waals surface area contributed by atoms with Crippen LogP contribution in [0.3, 0.4) is 0 Å². The van der Waals surface area contributed by atoms with Gasteiger partial charge in [0.1, 0.15) is 14.6 Å². The van der Waals surface area contributed by atoms with Gasteiger partial charge in [-0.05, 0) is 63.4 Å². The molecule has 2 aliphatic rings. The van der Waals surface area contributed by atoms with E-state index in [0.717, 1.165) is 55.4 Å². The first-order valence-electron chi connectivity index (χ1n) is 13.8. The van der Waals surface area contributed by atoms with Crippen LogP contribution in [-0.4, -0.2) is 74.7 Å². The predicted octanol–water partition coefficient (Wildman–Crippen LogP) is 5.26. The number of benzene rings is 1. The number of piperidine rings is 1. The van der Waals surface area contributed by atoms with Gasteiger partial charge in [0.25, 0.3) is 0 Å². The molecule has 1 aromatic heterocycles. The molecule has 1 saturated carbocycles. The lowest BCUT2D eigenvalue weighted by Crippen LogP contribution is -2.45. The second-order valence-corrected chi connectivity index (χ2v) is 16.7. The van der Waals surface area contributed by atoms with Gasteiger partial charge in [0.05, 0.1) is 23.9 Å². The Morgan fingerprint density at radius 3 is 2.32 bits per heavy atom. The molecule has 4 rings (SSSR count). The molecule has 0 atom stereocenters. The molecule has 37 heavy (non-hydrogen) atoms. The molecule has 1 saturated heterocycles. The van der Waals surface area contributed by atoms with E-state index in [4.69, 9.17) is 4.74 Å². The maximum atomic E-state index is 13.7. The van der Waals surface area contributed by atoms with E-state index < -0.39 is 8.07 Å². The number of amides is 1. The molecule has 0 radical (unpaired) electrons. The molecule has 200 valence electrons. The number of hydrogen-bond donors (Lipinski definition) is 0. The van der Waals surface area contributed by atoms with E-state index in [2.05, 4.69) is 60.7 Å². The minimum absolute atomic E-state index is 0.129. The van der Waals surface area contributed by atoms with Crippen molar-refractivity contribution < 1.29 is 14.3 Å². The Morgan fingerprint density at radius 2 is 1.73 bits per heavy atom. The van der Waals surface area contributed by atoms with Gasteiger partial charge in [0, 0.05) is 24.5 Å². The van der Waals surface area contributed by atoms with Crippen molar-refractivity contribution in [2.45, 2.75) is 83.1 Å². The molecule has 2 heterocycles. The molecule has 1 aromatic carbocycles. The molecule has 0 bridgehead atoms. The van der Waals surface area contributed by atoms with Crippen molar-refractivity contribution in [3.05, 3.63) is 35.0 Å². The molecule has 6 nitrogen and oxygen atoms in total. The molecule has 0 N–H and O–H groups in total. The number of nitrogens with zero attached hydrogens (tertiary/aromatic N) is 3. The van der Waals surface area contributed by atoms with E-state index in [-0.39, 0.29) is 18.4 Å². The number of carbonyl (C=O) groups excluding carboxylic acids is 2. The van der Waals surface area contributed by atoms with Crippen LogP contribution in [0.2, 0.25) is 19.6 Å². The zero-order valence-corrected chi connectivity index (χ0v) is 24.5. The summed E-state index contributed by atoms with van der Waals surface area (Å²) in [5.41, 5.74) is 7.26. The Balaban J connectivity index is 1.82. The zero-order chi connectivity index (χ0) is 26.7. The number of esters is 1. The third-order valence-electron chi connectivity index (χ3n) is 7.94. The van der Waals surface area contributed by atoms with Crippen molar-refractivity contribution in [2.75, 3.05) is 34.3 Å². The number of methoxy groups -OCH3 is 1. The number of fused-ring (bicyclic) bond motifs is 1. The fourth-order valence-corrected chi connectivity index (χ4v) is 6.33. The van der Waals surface area contributed by atoms with Crippen molar-refractivity contribution in [1.29, 1.82) is 0 Å². The van der Waals surface area contributed by atoms with E-state index in [9.17, 15) is 9.59 Å². The smallest absolute Gasteiger partial charge is 0.337 e. The van der Waals surface area contributed by atoms with Gasteiger partial charge in [0.15, 0.2) is 0 Å². The molecule has 7 heteroatoms. The summed E-state index contributed by atoms with van der Waals surface area (Å²) in [6.45, 7) is 8.56. The van der Waals surface area contributed by atoms with Crippen molar-refractivity contribution in [2.24, 2.45) is 0 Å². The van der Waals surface area contributed by atoms with Crippen LogP contribution < -0.4 is 0 Å². The van der Waals surface area contributed by atoms with Gasteiger partial charge >= 0.3 is 5.97 Å². The monoisotopic (exact) mass is 521 g/mol. The van der Waals surface area contributed by atoms with Gasteiger partial charge in [-0.15, -0.1) is 5.54 Å². The Bertz CT molecular complexity index is 1200. The molecular formula is C30H43N3O3Si. The Labute approximate surface area is 223 Å². The maximum absolute atomic E-state index is 13.7. The SMILES string of the molecule is COC(=O)c1ccc2c(C3CCCCC3)c(C#C[Si](C)(C)C)n(CC(=O)N3CCC(N(C)C)CC3)c2c1. The molecule has 1 aliphatic heterocycles. The molecule has 2 fully saturated rings. The fourth-order valence-electron chi connectivity index (χ4n) is 5.84. The Morgan fingerprint density at radius 1 is 1.05 bits per heavy atom. The summed E-state index contributed by atoms with van der Waals surface area (Å²) in [5, 5.41) is 1.12. The fraction of sp³-hybridized carbons (Fsp3) is 0.600. The number of carbonyl (C=O) groups is 2. The van der Waals surface area contributed by atoms with Gasteiger partial charge in [0.2, 0.25) is 5.91 Å². The lowest BCUT2D eigenvalue weighted by atomic mass is 9.82. The van der Waals surface area contributed by atoms with Crippen LogP contribution in [0, 0.1) is 11.5 Å². The lowest BCUT2D eigenvalue weighted by Gasteiger charge is -2.35. The van der Waals surface area contributed by atoms with Gasteiger partial charge in [-0.3, -0.25) is 4.79 Å². The quantitative estimate of drug-likeness (QED) is 0.306. The van der Waals surface area contributed by atoms with Crippen LogP contribution in [0.15, 0.2) is 18.2 Å². The van der Waals surface area contributed by atoms with E-state index in [1.807, 2.05) is 17.0 Å². The predicted molar refractivity (Wildman–Crippen MR) is 153 cm³/mol. The number of hydrogen-bond acceptors (Lipinski definition) is 4. The largest absolute Gasteiger partial charge is 0.465 e. The van der Waals surface area contributed by atoms with Gasteiger partial charge in [-0.2, -0.15) is 0 Å². The van der Waals surface area contributed by atoms with Gasteiger partial charge < -0.3 is 19.1 Å². The van der Waals surface area contributed by atoms with Crippen molar-refractivity contribution in [3.63, 3.8) is 0 Å². The number of likely N-dealkylation sites (tertiary alicyclic amines) is 1. The van der Waals surface area contributed by atoms with Gasteiger partial charge in [-0.25, -0.2) is 4.79 Å². The summed E-state index contributed by atoms with van der Waals surface area (Å²) >= 11 is 0. The highest BCUT2D eigenvalue weighted by atomic mass is 28.3. The second-order valence-electron chi connectivity index (χ2n) is 12.0. The molecule has 0 unspecified atom stereocenters. The molecule has 0 spiro atoms. The van der Waals surface area contributed by atoms with Crippen molar-refractivity contribution in [3.8, 4) is 11.5 Å². The zero-order valence-electron chi connectivity index (χ0n) is 23.5. The first-order valence-corrected chi connectivity index (χ1v) is 17.3. The van der Waals surface area contributed by atoms with E-state index >= 15 is 0 Å². The van der Waals surface area contributed by atoms with Gasteiger partial charge in [-0.1, -0.05) is 50.9 Å².